The second-order valence-corrected chi connectivity index (χ2v) is 6.27. The van der Waals surface area contributed by atoms with Crippen molar-refractivity contribution in [3.8, 4) is 0 Å². The Labute approximate surface area is 144 Å². The van der Waals surface area contributed by atoms with E-state index in [2.05, 4.69) is 10.3 Å². The van der Waals surface area contributed by atoms with Gasteiger partial charge in [0, 0.05) is 16.8 Å². The van der Waals surface area contributed by atoms with E-state index in [1.54, 1.807) is 17.8 Å². The lowest BCUT2D eigenvalue weighted by atomic mass is 10.1. The molecule has 0 aliphatic rings. The number of carbonyl (C=O) groups is 1. The standard InChI is InChI=1S/C19H18N2O2S/c1-24-15-9-6-14(7-10-15)18(22)12-20-19(23)17-11-8-13-4-2-3-5-16(13)21-17/h2-11,18,22H,12H2,1H3,(H,20,23). The van der Waals surface area contributed by atoms with Crippen LogP contribution < -0.4 is 5.32 Å². The minimum absolute atomic E-state index is 0.145. The number of amides is 1. The number of aliphatic hydroxyl groups excluding tert-OH is 1. The van der Waals surface area contributed by atoms with E-state index in [0.717, 1.165) is 21.4 Å². The van der Waals surface area contributed by atoms with Crippen molar-refractivity contribution in [2.24, 2.45) is 0 Å². The summed E-state index contributed by atoms with van der Waals surface area (Å²) in [6.45, 7) is 0.145. The highest BCUT2D eigenvalue weighted by Crippen LogP contribution is 2.19. The van der Waals surface area contributed by atoms with Crippen LogP contribution in [-0.2, 0) is 0 Å². The van der Waals surface area contributed by atoms with E-state index in [1.807, 2.05) is 60.9 Å². The molecule has 1 unspecified atom stereocenters. The molecule has 3 aromatic rings. The van der Waals surface area contributed by atoms with Crippen LogP contribution in [0.4, 0.5) is 0 Å². The first-order chi connectivity index (χ1) is 11.7. The monoisotopic (exact) mass is 338 g/mol. The molecule has 0 bridgehead atoms. The summed E-state index contributed by atoms with van der Waals surface area (Å²) in [4.78, 5) is 17.7. The van der Waals surface area contributed by atoms with Gasteiger partial charge in [-0.2, -0.15) is 0 Å². The van der Waals surface area contributed by atoms with Crippen molar-refractivity contribution in [3.05, 3.63) is 71.9 Å². The predicted molar refractivity (Wildman–Crippen MR) is 97.3 cm³/mol. The summed E-state index contributed by atoms with van der Waals surface area (Å²) in [5.41, 5.74) is 1.90. The van der Waals surface area contributed by atoms with Gasteiger partial charge in [-0.05, 0) is 36.1 Å². The number of hydrogen-bond donors (Lipinski definition) is 2. The lowest BCUT2D eigenvalue weighted by molar-refractivity contribution is 0.0911. The van der Waals surface area contributed by atoms with Gasteiger partial charge in [-0.25, -0.2) is 4.98 Å². The fraction of sp³-hybridized carbons (Fsp3) is 0.158. The second kappa shape index (κ2) is 7.47. The molecule has 0 saturated carbocycles. The zero-order chi connectivity index (χ0) is 16.9. The topological polar surface area (TPSA) is 62.2 Å². The van der Waals surface area contributed by atoms with Crippen LogP contribution in [0, 0.1) is 0 Å². The van der Waals surface area contributed by atoms with Crippen LogP contribution in [0.3, 0.4) is 0 Å². The average molecular weight is 338 g/mol. The first-order valence-electron chi connectivity index (χ1n) is 7.63. The van der Waals surface area contributed by atoms with Gasteiger partial charge in [0.05, 0.1) is 11.6 Å². The van der Waals surface area contributed by atoms with Crippen molar-refractivity contribution in [1.82, 2.24) is 10.3 Å². The second-order valence-electron chi connectivity index (χ2n) is 5.39. The van der Waals surface area contributed by atoms with Crippen molar-refractivity contribution < 1.29 is 9.90 Å². The molecule has 2 N–H and O–H groups in total. The summed E-state index contributed by atoms with van der Waals surface area (Å²) in [5.74, 6) is -0.291. The third kappa shape index (κ3) is 3.75. The summed E-state index contributed by atoms with van der Waals surface area (Å²) < 4.78 is 0. The van der Waals surface area contributed by atoms with Crippen molar-refractivity contribution in [1.29, 1.82) is 0 Å². The number of rotatable bonds is 5. The molecule has 0 spiro atoms. The van der Waals surface area contributed by atoms with Gasteiger partial charge < -0.3 is 10.4 Å². The number of para-hydroxylation sites is 1. The Morgan fingerprint density at radius 2 is 1.88 bits per heavy atom. The van der Waals surface area contributed by atoms with Gasteiger partial charge in [-0.15, -0.1) is 11.8 Å². The Hall–Kier alpha value is -2.37. The van der Waals surface area contributed by atoms with Crippen LogP contribution in [0.5, 0.6) is 0 Å². The quantitative estimate of drug-likeness (QED) is 0.700. The van der Waals surface area contributed by atoms with Crippen LogP contribution in [0.15, 0.2) is 65.6 Å². The molecular formula is C19H18N2O2S. The van der Waals surface area contributed by atoms with Gasteiger partial charge in [0.15, 0.2) is 0 Å². The normalized spacial score (nSPS) is 12.1. The minimum atomic E-state index is -0.745. The van der Waals surface area contributed by atoms with Gasteiger partial charge in [-0.1, -0.05) is 36.4 Å². The minimum Gasteiger partial charge on any atom is -0.387 e. The molecule has 1 amide bonds. The molecule has 0 aliphatic heterocycles. The molecule has 1 atom stereocenters. The molecule has 4 nitrogen and oxygen atoms in total. The Bertz CT molecular complexity index is 849. The molecule has 24 heavy (non-hydrogen) atoms. The summed E-state index contributed by atoms with van der Waals surface area (Å²) in [6, 6.07) is 18.9. The van der Waals surface area contributed by atoms with Crippen LogP contribution >= 0.6 is 11.8 Å². The zero-order valence-corrected chi connectivity index (χ0v) is 14.1. The molecule has 1 heterocycles. The number of pyridine rings is 1. The molecule has 0 radical (unpaired) electrons. The van der Waals surface area contributed by atoms with Crippen LogP contribution in [0.1, 0.15) is 22.2 Å². The lowest BCUT2D eigenvalue weighted by Crippen LogP contribution is -2.29. The van der Waals surface area contributed by atoms with Crippen LogP contribution in [0.2, 0.25) is 0 Å². The lowest BCUT2D eigenvalue weighted by Gasteiger charge is -2.12. The maximum absolute atomic E-state index is 12.2. The Kier molecular flexibility index (Phi) is 5.13. The fourth-order valence-electron chi connectivity index (χ4n) is 2.42. The Balaban J connectivity index is 1.65. The molecular weight excluding hydrogens is 320 g/mol. The highest BCUT2D eigenvalue weighted by atomic mass is 32.2. The van der Waals surface area contributed by atoms with Crippen molar-refractivity contribution in [3.63, 3.8) is 0 Å². The van der Waals surface area contributed by atoms with E-state index in [9.17, 15) is 9.90 Å². The first-order valence-corrected chi connectivity index (χ1v) is 8.86. The van der Waals surface area contributed by atoms with Gasteiger partial charge >= 0.3 is 0 Å². The van der Waals surface area contributed by atoms with Crippen LogP contribution in [0.25, 0.3) is 10.9 Å². The molecule has 3 rings (SSSR count). The molecule has 0 saturated heterocycles. The molecule has 2 aromatic carbocycles. The maximum atomic E-state index is 12.2. The van der Waals surface area contributed by atoms with Gasteiger partial charge in [0.25, 0.3) is 5.91 Å². The summed E-state index contributed by atoms with van der Waals surface area (Å²) in [7, 11) is 0. The van der Waals surface area contributed by atoms with Crippen molar-refractivity contribution in [2.75, 3.05) is 12.8 Å². The van der Waals surface area contributed by atoms with Crippen molar-refractivity contribution >= 4 is 28.6 Å². The smallest absolute Gasteiger partial charge is 0.270 e. The van der Waals surface area contributed by atoms with E-state index in [4.69, 9.17) is 0 Å². The summed E-state index contributed by atoms with van der Waals surface area (Å²) in [6.07, 6.45) is 1.26. The van der Waals surface area contributed by atoms with E-state index in [-0.39, 0.29) is 12.5 Å². The number of nitrogens with zero attached hydrogens (tertiary/aromatic N) is 1. The van der Waals surface area contributed by atoms with Gasteiger partial charge in [0.2, 0.25) is 0 Å². The SMILES string of the molecule is CSc1ccc(C(O)CNC(=O)c2ccc3ccccc3n2)cc1. The highest BCUT2D eigenvalue weighted by Gasteiger charge is 2.12. The summed E-state index contributed by atoms with van der Waals surface area (Å²) in [5, 5.41) is 13.9. The molecule has 0 fully saturated rings. The highest BCUT2D eigenvalue weighted by molar-refractivity contribution is 7.98. The number of fused-ring (bicyclic) bond motifs is 1. The number of hydrogen-bond acceptors (Lipinski definition) is 4. The average Bonchev–Trinajstić information content (AvgIpc) is 2.65. The zero-order valence-electron chi connectivity index (χ0n) is 13.3. The number of benzene rings is 2. The molecule has 122 valence electrons. The number of carbonyl (C=O) groups excluding carboxylic acids is 1. The number of aliphatic hydroxyl groups is 1. The van der Waals surface area contributed by atoms with Gasteiger partial charge in [0.1, 0.15) is 5.69 Å². The number of aromatic nitrogens is 1. The number of thioether (sulfide) groups is 1. The maximum Gasteiger partial charge on any atom is 0.270 e. The molecule has 1 aromatic heterocycles. The summed E-state index contributed by atoms with van der Waals surface area (Å²) >= 11 is 1.65. The van der Waals surface area contributed by atoms with E-state index >= 15 is 0 Å². The largest absolute Gasteiger partial charge is 0.387 e. The van der Waals surface area contributed by atoms with Crippen LogP contribution in [-0.4, -0.2) is 28.8 Å². The fourth-order valence-corrected chi connectivity index (χ4v) is 2.82. The first kappa shape index (κ1) is 16.5. The Morgan fingerprint density at radius 1 is 1.12 bits per heavy atom. The van der Waals surface area contributed by atoms with Gasteiger partial charge in [-0.3, -0.25) is 4.79 Å². The molecule has 0 aliphatic carbocycles. The van der Waals surface area contributed by atoms with E-state index in [1.165, 1.54) is 0 Å². The Morgan fingerprint density at radius 3 is 2.62 bits per heavy atom. The third-order valence-corrected chi connectivity index (χ3v) is 4.53. The predicted octanol–water partition coefficient (Wildman–Crippen LogP) is 3.42. The van der Waals surface area contributed by atoms with E-state index in [0.29, 0.717) is 5.69 Å². The third-order valence-electron chi connectivity index (χ3n) is 3.79. The number of nitrogens with one attached hydrogen (secondary N) is 1. The van der Waals surface area contributed by atoms with Crippen molar-refractivity contribution in [2.45, 2.75) is 11.0 Å². The molecule has 5 heteroatoms. The van der Waals surface area contributed by atoms with E-state index < -0.39 is 6.10 Å².